The van der Waals surface area contributed by atoms with E-state index in [9.17, 15) is 0 Å². The van der Waals surface area contributed by atoms with Gasteiger partial charge in [-0.1, -0.05) is 6.08 Å². The van der Waals surface area contributed by atoms with E-state index in [0.29, 0.717) is 25.7 Å². The second kappa shape index (κ2) is 11.2. The van der Waals surface area contributed by atoms with Gasteiger partial charge in [-0.25, -0.2) is 0 Å². The number of nitrogens with zero attached hydrogens (tertiary/aromatic N) is 2. The molecule has 0 amide bonds. The summed E-state index contributed by atoms with van der Waals surface area (Å²) in [6, 6.07) is 0.642. The minimum absolute atomic E-state index is 0. The van der Waals surface area contributed by atoms with Gasteiger partial charge in [0.2, 0.25) is 0 Å². The number of fused-ring (bicyclic) bond motifs is 1. The molecular formula is C15H29IN4O2. The quantitative estimate of drug-likeness (QED) is 0.209. The summed E-state index contributed by atoms with van der Waals surface area (Å²) >= 11 is 0. The van der Waals surface area contributed by atoms with E-state index in [2.05, 4.69) is 27.1 Å². The Morgan fingerprint density at radius 2 is 2.36 bits per heavy atom. The highest BCUT2D eigenvalue weighted by Crippen LogP contribution is 2.22. The molecule has 0 spiro atoms. The highest BCUT2D eigenvalue weighted by Gasteiger charge is 2.31. The van der Waals surface area contributed by atoms with Gasteiger partial charge < -0.3 is 20.1 Å². The van der Waals surface area contributed by atoms with Crippen molar-refractivity contribution in [1.29, 1.82) is 0 Å². The Kier molecular flexibility index (Phi) is 10.0. The smallest absolute Gasteiger partial charge is 0.191 e. The first-order valence-electron chi connectivity index (χ1n) is 7.81. The fraction of sp³-hybridized carbons (Fsp3) is 0.800. The zero-order chi connectivity index (χ0) is 14.9. The van der Waals surface area contributed by atoms with Crippen LogP contribution in [-0.2, 0) is 9.47 Å². The van der Waals surface area contributed by atoms with Crippen molar-refractivity contribution in [1.82, 2.24) is 15.5 Å². The Balaban J connectivity index is 0.00000242. The zero-order valence-electron chi connectivity index (χ0n) is 13.4. The highest BCUT2D eigenvalue weighted by atomic mass is 127. The molecule has 0 saturated carbocycles. The predicted molar refractivity (Wildman–Crippen MR) is 100 cm³/mol. The monoisotopic (exact) mass is 424 g/mol. The van der Waals surface area contributed by atoms with Gasteiger partial charge in [-0.15, -0.1) is 30.6 Å². The van der Waals surface area contributed by atoms with Crippen LogP contribution in [0.5, 0.6) is 0 Å². The molecule has 22 heavy (non-hydrogen) atoms. The van der Waals surface area contributed by atoms with Crippen molar-refractivity contribution in [3.63, 3.8) is 0 Å². The van der Waals surface area contributed by atoms with Gasteiger partial charge in [-0.2, -0.15) is 0 Å². The van der Waals surface area contributed by atoms with Crippen LogP contribution in [0.2, 0.25) is 0 Å². The topological polar surface area (TPSA) is 58.1 Å². The molecule has 2 unspecified atom stereocenters. The van der Waals surface area contributed by atoms with Crippen LogP contribution in [-0.4, -0.2) is 76.1 Å². The van der Waals surface area contributed by atoms with Crippen molar-refractivity contribution in [2.75, 3.05) is 53.0 Å². The van der Waals surface area contributed by atoms with E-state index in [1.807, 2.05) is 6.08 Å². The van der Waals surface area contributed by atoms with Crippen molar-refractivity contribution in [2.45, 2.75) is 25.0 Å². The average Bonchev–Trinajstić information content (AvgIpc) is 2.97. The van der Waals surface area contributed by atoms with Crippen molar-refractivity contribution >= 4 is 29.9 Å². The molecule has 0 radical (unpaired) electrons. The molecule has 2 rings (SSSR count). The fourth-order valence-corrected chi connectivity index (χ4v) is 2.80. The number of nitrogens with one attached hydrogen (secondary N) is 2. The SMILES string of the molecule is C=CCNC(=NCC1CN2CCCC2CO1)NCCOC.I. The van der Waals surface area contributed by atoms with Crippen LogP contribution in [0.3, 0.4) is 0 Å². The van der Waals surface area contributed by atoms with E-state index in [4.69, 9.17) is 9.47 Å². The van der Waals surface area contributed by atoms with Crippen molar-refractivity contribution in [2.24, 2.45) is 4.99 Å². The first-order chi connectivity index (χ1) is 10.3. The lowest BCUT2D eigenvalue weighted by Crippen LogP contribution is -2.47. The summed E-state index contributed by atoms with van der Waals surface area (Å²) in [5, 5.41) is 6.45. The molecular weight excluding hydrogens is 395 g/mol. The van der Waals surface area contributed by atoms with E-state index in [1.54, 1.807) is 7.11 Å². The van der Waals surface area contributed by atoms with Gasteiger partial charge in [0.25, 0.3) is 0 Å². The normalized spacial score (nSPS) is 25.2. The first-order valence-corrected chi connectivity index (χ1v) is 7.81. The van der Waals surface area contributed by atoms with Gasteiger partial charge in [0.15, 0.2) is 5.96 Å². The highest BCUT2D eigenvalue weighted by molar-refractivity contribution is 14.0. The maximum atomic E-state index is 5.92. The van der Waals surface area contributed by atoms with E-state index in [-0.39, 0.29) is 30.1 Å². The lowest BCUT2D eigenvalue weighted by molar-refractivity contribution is -0.0432. The summed E-state index contributed by atoms with van der Waals surface area (Å²) in [6.45, 7) is 9.55. The zero-order valence-corrected chi connectivity index (χ0v) is 15.8. The summed E-state index contributed by atoms with van der Waals surface area (Å²) in [5.41, 5.74) is 0. The lowest BCUT2D eigenvalue weighted by atomic mass is 10.2. The number of methoxy groups -OCH3 is 1. The second-order valence-corrected chi connectivity index (χ2v) is 5.52. The molecule has 2 aliphatic rings. The number of guanidine groups is 1. The Hall–Kier alpha value is -0.380. The second-order valence-electron chi connectivity index (χ2n) is 5.52. The van der Waals surface area contributed by atoms with Gasteiger partial charge in [0.05, 0.1) is 25.9 Å². The van der Waals surface area contributed by atoms with E-state index >= 15 is 0 Å². The molecule has 7 heteroatoms. The molecule has 2 saturated heterocycles. The van der Waals surface area contributed by atoms with E-state index in [1.165, 1.54) is 19.4 Å². The largest absolute Gasteiger partial charge is 0.383 e. The van der Waals surface area contributed by atoms with Gasteiger partial charge in [0.1, 0.15) is 0 Å². The number of ether oxygens (including phenoxy) is 2. The molecule has 2 fully saturated rings. The maximum absolute atomic E-state index is 5.92. The van der Waals surface area contributed by atoms with Crippen LogP contribution in [0.15, 0.2) is 17.6 Å². The van der Waals surface area contributed by atoms with Gasteiger partial charge in [0, 0.05) is 32.8 Å². The molecule has 0 aromatic heterocycles. The van der Waals surface area contributed by atoms with Crippen molar-refractivity contribution in [3.05, 3.63) is 12.7 Å². The standard InChI is InChI=1S/C15H28N4O2.HI/c1-3-6-16-15(17-7-9-20-2)18-10-14-11-19-8-4-5-13(19)12-21-14;/h3,13-14H,1,4-12H2,2H3,(H2,16,17,18);1H. The lowest BCUT2D eigenvalue weighted by Gasteiger charge is -2.34. The molecule has 0 aromatic rings. The predicted octanol–water partition coefficient (Wildman–Crippen LogP) is 0.835. The maximum Gasteiger partial charge on any atom is 0.191 e. The molecule has 2 atom stereocenters. The molecule has 2 N–H and O–H groups in total. The number of halogens is 1. The summed E-state index contributed by atoms with van der Waals surface area (Å²) < 4.78 is 11.0. The van der Waals surface area contributed by atoms with Crippen LogP contribution in [0.1, 0.15) is 12.8 Å². The Bertz CT molecular complexity index is 354. The summed E-state index contributed by atoms with van der Waals surface area (Å²) in [5.74, 6) is 0.791. The molecule has 2 heterocycles. The van der Waals surface area contributed by atoms with Crippen LogP contribution < -0.4 is 10.6 Å². The molecule has 0 aliphatic carbocycles. The third-order valence-corrected chi connectivity index (χ3v) is 3.93. The van der Waals surface area contributed by atoms with Gasteiger partial charge in [-0.05, 0) is 19.4 Å². The minimum Gasteiger partial charge on any atom is -0.383 e. The molecule has 0 aromatic carbocycles. The van der Waals surface area contributed by atoms with E-state index in [0.717, 1.165) is 25.7 Å². The van der Waals surface area contributed by atoms with Gasteiger partial charge in [-0.3, -0.25) is 9.89 Å². The molecule has 0 bridgehead atoms. The Labute approximate surface area is 150 Å². The van der Waals surface area contributed by atoms with Crippen molar-refractivity contribution < 1.29 is 9.47 Å². The van der Waals surface area contributed by atoms with Crippen LogP contribution >= 0.6 is 24.0 Å². The van der Waals surface area contributed by atoms with Crippen LogP contribution in [0.25, 0.3) is 0 Å². The van der Waals surface area contributed by atoms with Crippen LogP contribution in [0, 0.1) is 0 Å². The summed E-state index contributed by atoms with van der Waals surface area (Å²) in [4.78, 5) is 7.15. The Morgan fingerprint density at radius 1 is 1.50 bits per heavy atom. The molecule has 2 aliphatic heterocycles. The Morgan fingerprint density at radius 3 is 3.14 bits per heavy atom. The van der Waals surface area contributed by atoms with Crippen LogP contribution in [0.4, 0.5) is 0 Å². The molecule has 128 valence electrons. The third kappa shape index (κ3) is 6.39. The molecule has 6 nitrogen and oxygen atoms in total. The first kappa shape index (κ1) is 19.7. The summed E-state index contributed by atoms with van der Waals surface area (Å²) in [6.07, 6.45) is 4.60. The summed E-state index contributed by atoms with van der Waals surface area (Å²) in [7, 11) is 1.69. The van der Waals surface area contributed by atoms with E-state index < -0.39 is 0 Å². The number of morpholine rings is 1. The number of aliphatic imine (C=N–C) groups is 1. The number of hydrogen-bond donors (Lipinski definition) is 2. The number of hydrogen-bond acceptors (Lipinski definition) is 4. The average molecular weight is 424 g/mol. The van der Waals surface area contributed by atoms with Crippen molar-refractivity contribution in [3.8, 4) is 0 Å². The minimum atomic E-state index is 0. The fourth-order valence-electron chi connectivity index (χ4n) is 2.80. The number of rotatable bonds is 7. The third-order valence-electron chi connectivity index (χ3n) is 3.93. The van der Waals surface area contributed by atoms with Gasteiger partial charge >= 0.3 is 0 Å².